The average Bonchev–Trinajstić information content (AvgIpc) is 2.96. The van der Waals surface area contributed by atoms with Gasteiger partial charge in [0.05, 0.1) is 7.11 Å². The van der Waals surface area contributed by atoms with Crippen molar-refractivity contribution in [1.29, 1.82) is 0 Å². The molecule has 1 aromatic rings. The van der Waals surface area contributed by atoms with Crippen LogP contribution in [-0.2, 0) is 6.54 Å². The fourth-order valence-electron chi connectivity index (χ4n) is 3.55. The molecule has 2 aliphatic rings. The Bertz CT molecular complexity index is 523. The van der Waals surface area contributed by atoms with E-state index in [0.717, 1.165) is 18.5 Å². The highest BCUT2D eigenvalue weighted by atomic mass is 16.5. The first-order valence-corrected chi connectivity index (χ1v) is 8.04. The van der Waals surface area contributed by atoms with Crippen LogP contribution in [0.25, 0.3) is 0 Å². The van der Waals surface area contributed by atoms with E-state index in [1.54, 1.807) is 13.3 Å². The number of amides is 2. The van der Waals surface area contributed by atoms with E-state index in [9.17, 15) is 4.79 Å². The molecule has 2 atom stereocenters. The molecule has 2 saturated heterocycles. The summed E-state index contributed by atoms with van der Waals surface area (Å²) in [7, 11) is 1.59. The van der Waals surface area contributed by atoms with E-state index in [4.69, 9.17) is 4.74 Å². The van der Waals surface area contributed by atoms with Crippen LogP contribution in [0.2, 0.25) is 0 Å². The summed E-state index contributed by atoms with van der Waals surface area (Å²) in [5.74, 6) is 0.558. The molecule has 1 aromatic heterocycles. The zero-order valence-electron chi connectivity index (χ0n) is 13.0. The molecule has 6 heteroatoms. The lowest BCUT2D eigenvalue weighted by molar-refractivity contribution is 0.179. The van der Waals surface area contributed by atoms with Crippen LogP contribution in [0.5, 0.6) is 5.88 Å². The minimum Gasteiger partial charge on any atom is -0.481 e. The summed E-state index contributed by atoms with van der Waals surface area (Å²) in [6.07, 6.45) is 6.48. The first-order chi connectivity index (χ1) is 10.8. The summed E-state index contributed by atoms with van der Waals surface area (Å²) in [6, 6.07) is 4.44. The quantitative estimate of drug-likeness (QED) is 0.885. The van der Waals surface area contributed by atoms with Gasteiger partial charge in [-0.2, -0.15) is 0 Å². The number of rotatable bonds is 4. The maximum atomic E-state index is 12.1. The van der Waals surface area contributed by atoms with Gasteiger partial charge in [0.15, 0.2) is 0 Å². The first-order valence-electron chi connectivity index (χ1n) is 8.04. The van der Waals surface area contributed by atoms with Crippen LogP contribution >= 0.6 is 0 Å². The molecule has 0 bridgehead atoms. The lowest BCUT2D eigenvalue weighted by Crippen LogP contribution is -2.49. The summed E-state index contributed by atoms with van der Waals surface area (Å²) in [6.45, 7) is 2.70. The Kier molecular flexibility index (Phi) is 4.77. The van der Waals surface area contributed by atoms with Crippen LogP contribution in [0.3, 0.4) is 0 Å². The fourth-order valence-corrected chi connectivity index (χ4v) is 3.55. The van der Waals surface area contributed by atoms with Crippen LogP contribution in [0.1, 0.15) is 31.2 Å². The summed E-state index contributed by atoms with van der Waals surface area (Å²) < 4.78 is 5.19. The Morgan fingerprint density at radius 1 is 1.41 bits per heavy atom. The Morgan fingerprint density at radius 3 is 3.18 bits per heavy atom. The van der Waals surface area contributed by atoms with E-state index >= 15 is 0 Å². The van der Waals surface area contributed by atoms with Gasteiger partial charge in [-0.05, 0) is 31.9 Å². The standard InChI is InChI=1S/C16H24N4O2/c1-22-15-12(5-4-8-17-15)11-18-16(21)19-13-7-10-20-9-3-2-6-14(13)20/h4-5,8,13-14H,2-3,6-7,9-11H2,1H3,(H2,18,19,21)/t13-,14+/m0/s1. The number of aromatic nitrogens is 1. The Hall–Kier alpha value is -1.82. The van der Waals surface area contributed by atoms with Gasteiger partial charge in [0, 0.05) is 36.9 Å². The Labute approximate surface area is 131 Å². The fraction of sp³-hybridized carbons (Fsp3) is 0.625. The highest BCUT2D eigenvalue weighted by molar-refractivity contribution is 5.74. The average molecular weight is 304 g/mol. The van der Waals surface area contributed by atoms with Crippen molar-refractivity contribution in [1.82, 2.24) is 20.5 Å². The van der Waals surface area contributed by atoms with Gasteiger partial charge in [-0.1, -0.05) is 12.5 Å². The number of ether oxygens (including phenoxy) is 1. The highest BCUT2D eigenvalue weighted by Crippen LogP contribution is 2.27. The minimum atomic E-state index is -0.108. The van der Waals surface area contributed by atoms with Gasteiger partial charge in [-0.15, -0.1) is 0 Å². The molecule has 0 saturated carbocycles. The lowest BCUT2D eigenvalue weighted by atomic mass is 9.99. The van der Waals surface area contributed by atoms with E-state index in [2.05, 4.69) is 20.5 Å². The van der Waals surface area contributed by atoms with Crippen molar-refractivity contribution >= 4 is 6.03 Å². The molecule has 3 heterocycles. The van der Waals surface area contributed by atoms with Crippen LogP contribution in [-0.4, -0.2) is 48.2 Å². The molecule has 2 amide bonds. The summed E-state index contributed by atoms with van der Waals surface area (Å²) >= 11 is 0. The summed E-state index contributed by atoms with van der Waals surface area (Å²) in [5.41, 5.74) is 0.880. The van der Waals surface area contributed by atoms with Crippen LogP contribution in [0, 0.1) is 0 Å². The molecule has 0 spiro atoms. The molecule has 120 valence electrons. The SMILES string of the molecule is COc1ncccc1CNC(=O)N[C@H]1CCN2CCCC[C@H]12. The van der Waals surface area contributed by atoms with Gasteiger partial charge in [-0.3, -0.25) is 4.90 Å². The second kappa shape index (κ2) is 6.96. The third-order valence-electron chi connectivity index (χ3n) is 4.66. The number of urea groups is 1. The van der Waals surface area contributed by atoms with Gasteiger partial charge < -0.3 is 15.4 Å². The number of hydrogen-bond acceptors (Lipinski definition) is 4. The number of carbonyl (C=O) groups is 1. The zero-order valence-corrected chi connectivity index (χ0v) is 13.0. The van der Waals surface area contributed by atoms with E-state index in [0.29, 0.717) is 18.5 Å². The minimum absolute atomic E-state index is 0.108. The number of hydrogen-bond donors (Lipinski definition) is 2. The number of fused-ring (bicyclic) bond motifs is 1. The predicted molar refractivity (Wildman–Crippen MR) is 83.8 cm³/mol. The molecule has 0 radical (unpaired) electrons. The number of pyridine rings is 1. The first kappa shape index (κ1) is 15.1. The molecule has 2 fully saturated rings. The van der Waals surface area contributed by atoms with Gasteiger partial charge in [0.2, 0.25) is 5.88 Å². The molecule has 0 aromatic carbocycles. The maximum absolute atomic E-state index is 12.1. The van der Waals surface area contributed by atoms with E-state index < -0.39 is 0 Å². The van der Waals surface area contributed by atoms with Crippen LogP contribution in [0.15, 0.2) is 18.3 Å². The van der Waals surface area contributed by atoms with Crippen molar-refractivity contribution in [2.24, 2.45) is 0 Å². The third-order valence-corrected chi connectivity index (χ3v) is 4.66. The van der Waals surface area contributed by atoms with Crippen molar-refractivity contribution in [3.05, 3.63) is 23.9 Å². The molecule has 0 unspecified atom stereocenters. The van der Waals surface area contributed by atoms with Gasteiger partial charge in [0.25, 0.3) is 0 Å². The molecule has 2 aliphatic heterocycles. The molecule has 6 nitrogen and oxygen atoms in total. The monoisotopic (exact) mass is 304 g/mol. The largest absolute Gasteiger partial charge is 0.481 e. The van der Waals surface area contributed by atoms with Gasteiger partial charge in [-0.25, -0.2) is 9.78 Å². The van der Waals surface area contributed by atoms with Crippen molar-refractivity contribution in [3.63, 3.8) is 0 Å². The number of methoxy groups -OCH3 is 1. The van der Waals surface area contributed by atoms with Crippen LogP contribution < -0.4 is 15.4 Å². The topological polar surface area (TPSA) is 66.5 Å². The van der Waals surface area contributed by atoms with Crippen molar-refractivity contribution in [2.75, 3.05) is 20.2 Å². The highest BCUT2D eigenvalue weighted by Gasteiger charge is 2.36. The second-order valence-corrected chi connectivity index (χ2v) is 5.99. The third kappa shape index (κ3) is 3.32. The Balaban J connectivity index is 1.50. The number of carbonyl (C=O) groups excluding carboxylic acids is 1. The van der Waals surface area contributed by atoms with E-state index in [1.807, 2.05) is 12.1 Å². The summed E-state index contributed by atoms with van der Waals surface area (Å²) in [5, 5.41) is 6.04. The van der Waals surface area contributed by atoms with Crippen molar-refractivity contribution < 1.29 is 9.53 Å². The number of nitrogens with one attached hydrogen (secondary N) is 2. The normalized spacial score (nSPS) is 24.6. The molecule has 0 aliphatic carbocycles. The van der Waals surface area contributed by atoms with Gasteiger partial charge in [0.1, 0.15) is 0 Å². The zero-order chi connectivity index (χ0) is 15.4. The van der Waals surface area contributed by atoms with Gasteiger partial charge >= 0.3 is 6.03 Å². The van der Waals surface area contributed by atoms with Crippen LogP contribution in [0.4, 0.5) is 4.79 Å². The number of nitrogens with zero attached hydrogens (tertiary/aromatic N) is 2. The number of piperidine rings is 1. The van der Waals surface area contributed by atoms with E-state index in [-0.39, 0.29) is 12.1 Å². The molecule has 2 N–H and O–H groups in total. The smallest absolute Gasteiger partial charge is 0.315 e. The lowest BCUT2D eigenvalue weighted by Gasteiger charge is -2.32. The van der Waals surface area contributed by atoms with E-state index in [1.165, 1.54) is 25.8 Å². The molecule has 3 rings (SSSR count). The van der Waals surface area contributed by atoms with Crippen molar-refractivity contribution in [2.45, 2.75) is 44.3 Å². The predicted octanol–water partition coefficient (Wildman–Crippen LogP) is 1.52. The summed E-state index contributed by atoms with van der Waals surface area (Å²) in [4.78, 5) is 18.8. The molecular formula is C16H24N4O2. The molecular weight excluding hydrogens is 280 g/mol. The Morgan fingerprint density at radius 2 is 2.32 bits per heavy atom. The van der Waals surface area contributed by atoms with Crippen molar-refractivity contribution in [3.8, 4) is 5.88 Å². The molecule has 22 heavy (non-hydrogen) atoms. The second-order valence-electron chi connectivity index (χ2n) is 5.99. The maximum Gasteiger partial charge on any atom is 0.315 e.